The minimum absolute atomic E-state index is 0. The zero-order chi connectivity index (χ0) is 0. The first kappa shape index (κ1) is 79.0. The van der Waals surface area contributed by atoms with E-state index in [2.05, 4.69) is 0 Å². The van der Waals surface area contributed by atoms with E-state index in [0.29, 0.717) is 0 Å². The first-order valence-electron chi connectivity index (χ1n) is 0. The van der Waals surface area contributed by atoms with E-state index in [9.17, 15) is 0 Å². The van der Waals surface area contributed by atoms with Gasteiger partial charge < -0.3 is 21.9 Å². The fraction of sp³-hybridized carbons (Fsp3) is 0. The Hall–Kier alpha value is 2.42. The average Bonchev–Trinajstić information content (AvgIpc) is 0. The summed E-state index contributed by atoms with van der Waals surface area (Å²) < 4.78 is 0. The SMILES string of the molecule is O.O.O.O.[Cr].[Cs+]. The molecule has 0 saturated heterocycles. The van der Waals surface area contributed by atoms with Gasteiger partial charge in [-0.25, -0.2) is 0 Å². The van der Waals surface area contributed by atoms with Crippen molar-refractivity contribution in [3.8, 4) is 0 Å². The Morgan fingerprint density at radius 3 is 0.500 bits per heavy atom. The summed E-state index contributed by atoms with van der Waals surface area (Å²) in [6, 6.07) is 0. The smallest absolute Gasteiger partial charge is 0.412 e. The second-order valence-electron chi connectivity index (χ2n) is 0. The van der Waals surface area contributed by atoms with Crippen LogP contribution in [-0.2, 0) is 17.4 Å². The number of hydrogen-bond acceptors (Lipinski definition) is 0. The molecule has 8 N–H and O–H groups in total. The molecule has 0 unspecified atom stereocenters. The zero-order valence-corrected chi connectivity index (χ0v) is 11.0. The van der Waals surface area contributed by atoms with Gasteiger partial charge in [-0.1, -0.05) is 0 Å². The summed E-state index contributed by atoms with van der Waals surface area (Å²) in [4.78, 5) is 0. The third-order valence-electron chi connectivity index (χ3n) is 0. The Bertz CT molecular complexity index is 7.51. The van der Waals surface area contributed by atoms with Gasteiger partial charge in [0.25, 0.3) is 0 Å². The van der Waals surface area contributed by atoms with Crippen LogP contribution in [0.25, 0.3) is 0 Å². The van der Waals surface area contributed by atoms with Gasteiger partial charge in [-0.2, -0.15) is 0 Å². The number of hydrogen-bond donors (Lipinski definition) is 0. The summed E-state index contributed by atoms with van der Waals surface area (Å²) >= 11 is 0. The van der Waals surface area contributed by atoms with Crippen LogP contribution in [0.4, 0.5) is 0 Å². The summed E-state index contributed by atoms with van der Waals surface area (Å²) in [6.45, 7) is 0. The average molecular weight is 257 g/mol. The van der Waals surface area contributed by atoms with Crippen LogP contribution in [0.2, 0.25) is 0 Å². The van der Waals surface area contributed by atoms with E-state index in [-0.39, 0.29) is 108 Å². The van der Waals surface area contributed by atoms with Crippen molar-refractivity contribution < 1.29 is 108 Å². The molecule has 4 nitrogen and oxygen atoms in total. The largest absolute Gasteiger partial charge is 1.00 e. The molecule has 0 aromatic heterocycles. The molecule has 0 atom stereocenters. The third-order valence-corrected chi connectivity index (χ3v) is 0. The summed E-state index contributed by atoms with van der Waals surface area (Å²) in [5.41, 5.74) is 0. The van der Waals surface area contributed by atoms with Crippen molar-refractivity contribution in [2.24, 2.45) is 0 Å². The van der Waals surface area contributed by atoms with Gasteiger partial charge in [0.05, 0.1) is 0 Å². The monoisotopic (exact) mass is 257 g/mol. The van der Waals surface area contributed by atoms with E-state index < -0.39 is 0 Å². The molecule has 0 aliphatic rings. The van der Waals surface area contributed by atoms with Gasteiger partial charge in [0.1, 0.15) is 0 Å². The molecule has 0 heterocycles. The van der Waals surface area contributed by atoms with E-state index >= 15 is 0 Å². The van der Waals surface area contributed by atoms with E-state index in [4.69, 9.17) is 0 Å². The van der Waals surface area contributed by atoms with E-state index in [1.54, 1.807) is 0 Å². The van der Waals surface area contributed by atoms with Crippen LogP contribution in [0.5, 0.6) is 0 Å². The predicted molar refractivity (Wildman–Crippen MR) is 14.5 cm³/mol. The van der Waals surface area contributed by atoms with Crippen LogP contribution >= 0.6 is 0 Å². The van der Waals surface area contributed by atoms with Crippen molar-refractivity contribution in [2.45, 2.75) is 0 Å². The first-order valence-corrected chi connectivity index (χ1v) is 0. The molecule has 0 fully saturated rings. The van der Waals surface area contributed by atoms with Gasteiger partial charge in [-0.15, -0.1) is 0 Å². The van der Waals surface area contributed by atoms with Crippen LogP contribution in [0.1, 0.15) is 0 Å². The van der Waals surface area contributed by atoms with Gasteiger partial charge in [0.2, 0.25) is 0 Å². The molecule has 0 aliphatic carbocycles. The van der Waals surface area contributed by atoms with Crippen molar-refractivity contribution in [2.75, 3.05) is 0 Å². The minimum Gasteiger partial charge on any atom is -0.412 e. The molecule has 0 saturated carbocycles. The molecule has 0 spiro atoms. The zero-order valence-electron chi connectivity index (χ0n) is 3.41. The molecule has 6 heteroatoms. The van der Waals surface area contributed by atoms with Gasteiger partial charge >= 0.3 is 68.9 Å². The second kappa shape index (κ2) is 52.1. The summed E-state index contributed by atoms with van der Waals surface area (Å²) in [6.07, 6.45) is 0. The maximum atomic E-state index is 0. The fourth-order valence-electron chi connectivity index (χ4n) is 0. The summed E-state index contributed by atoms with van der Waals surface area (Å²) in [5.74, 6) is 0. The van der Waals surface area contributed by atoms with Crippen LogP contribution in [0, 0.1) is 0 Å². The van der Waals surface area contributed by atoms with Gasteiger partial charge in [-0.05, 0) is 0 Å². The van der Waals surface area contributed by atoms with Crippen molar-refractivity contribution >= 4 is 0 Å². The molecule has 0 amide bonds. The summed E-state index contributed by atoms with van der Waals surface area (Å²) in [5, 5.41) is 0. The van der Waals surface area contributed by atoms with Gasteiger partial charge in [0, 0.05) is 17.4 Å². The van der Waals surface area contributed by atoms with Crippen molar-refractivity contribution in [1.82, 2.24) is 0 Å². The topological polar surface area (TPSA) is 126 Å². The maximum absolute atomic E-state index is 0. The Labute approximate surface area is 105 Å². The van der Waals surface area contributed by atoms with Crippen molar-refractivity contribution in [3.63, 3.8) is 0 Å². The molecule has 0 radical (unpaired) electrons. The molecular weight excluding hydrogens is 249 g/mol. The molecule has 6 heavy (non-hydrogen) atoms. The maximum Gasteiger partial charge on any atom is 1.00 e. The van der Waals surface area contributed by atoms with Crippen LogP contribution in [0.3, 0.4) is 0 Å². The Balaban J connectivity index is 0. The minimum atomic E-state index is 0. The van der Waals surface area contributed by atoms with Crippen LogP contribution in [0.15, 0.2) is 0 Å². The third kappa shape index (κ3) is 32.2. The molecular formula is H8CrCsO4+. The van der Waals surface area contributed by atoms with Crippen molar-refractivity contribution in [3.05, 3.63) is 0 Å². The van der Waals surface area contributed by atoms with Gasteiger partial charge in [0.15, 0.2) is 0 Å². The Morgan fingerprint density at radius 1 is 0.500 bits per heavy atom. The molecule has 0 aromatic rings. The normalized spacial score (nSPS) is 0. The number of rotatable bonds is 0. The van der Waals surface area contributed by atoms with E-state index in [1.807, 2.05) is 0 Å². The van der Waals surface area contributed by atoms with Crippen LogP contribution in [-0.4, -0.2) is 21.9 Å². The molecule has 0 rings (SSSR count). The van der Waals surface area contributed by atoms with E-state index in [1.165, 1.54) is 0 Å². The van der Waals surface area contributed by atoms with Crippen molar-refractivity contribution in [1.29, 1.82) is 0 Å². The second-order valence-corrected chi connectivity index (χ2v) is 0. The fourth-order valence-corrected chi connectivity index (χ4v) is 0. The molecule has 0 aromatic carbocycles. The quantitative estimate of drug-likeness (QED) is 0.409. The molecule has 38 valence electrons. The predicted octanol–water partition coefficient (Wildman–Crippen LogP) is -6.30. The van der Waals surface area contributed by atoms with Crippen LogP contribution < -0.4 is 68.9 Å². The van der Waals surface area contributed by atoms with E-state index in [0.717, 1.165) is 0 Å². The molecule has 0 bridgehead atoms. The standard InChI is InChI=1S/Cr.Cs.4H2O/h;;4*1H2/q;+1;;;;. The first-order chi connectivity index (χ1) is 0. The Kier molecular flexibility index (Phi) is 686. The molecule has 0 aliphatic heterocycles. The van der Waals surface area contributed by atoms with Gasteiger partial charge in [-0.3, -0.25) is 0 Å². The summed E-state index contributed by atoms with van der Waals surface area (Å²) in [7, 11) is 0. The Morgan fingerprint density at radius 2 is 0.500 bits per heavy atom.